The number of nitrogens with two attached hydrogens (primary N) is 1. The van der Waals surface area contributed by atoms with Gasteiger partial charge < -0.3 is 10.5 Å². The van der Waals surface area contributed by atoms with Gasteiger partial charge in [-0.1, -0.05) is 12.1 Å². The molecule has 1 aromatic heterocycles. The van der Waals surface area contributed by atoms with E-state index in [1.807, 2.05) is 6.07 Å². The van der Waals surface area contributed by atoms with Gasteiger partial charge in [-0.05, 0) is 44.5 Å². The average Bonchev–Trinajstić information content (AvgIpc) is 3.06. The number of rotatable bonds is 6. The molecule has 2 aromatic rings. The molecule has 0 saturated heterocycles. The van der Waals surface area contributed by atoms with Crippen LogP contribution in [0.25, 0.3) is 0 Å². The van der Waals surface area contributed by atoms with Gasteiger partial charge >= 0.3 is 6.09 Å². The number of carbonyl (C=O) groups is 3. The molecule has 3 amide bonds. The van der Waals surface area contributed by atoms with Crippen molar-refractivity contribution in [1.29, 1.82) is 5.26 Å². The molecule has 3 N–H and O–H groups in total. The fourth-order valence-corrected chi connectivity index (χ4v) is 3.14. The minimum atomic E-state index is -1.16. The SMILES string of the molecule is CC(C)(C)OC(=O)Nc1[c]c([C@@H](C(N)=O)N(C=O)c2ccc(C#N)s2)ccc1. The highest BCUT2D eigenvalue weighted by Crippen LogP contribution is 2.32. The second-order valence-electron chi connectivity index (χ2n) is 6.71. The van der Waals surface area contributed by atoms with Crippen LogP contribution in [0.2, 0.25) is 0 Å². The van der Waals surface area contributed by atoms with E-state index in [-0.39, 0.29) is 11.3 Å². The molecule has 1 radical (unpaired) electrons. The van der Waals surface area contributed by atoms with Gasteiger partial charge in [0, 0.05) is 6.07 Å². The Labute approximate surface area is 166 Å². The van der Waals surface area contributed by atoms with Crippen molar-refractivity contribution < 1.29 is 19.1 Å². The first-order chi connectivity index (χ1) is 13.1. The van der Waals surface area contributed by atoms with Crippen LogP contribution < -0.4 is 16.0 Å². The Morgan fingerprint density at radius 1 is 1.36 bits per heavy atom. The summed E-state index contributed by atoms with van der Waals surface area (Å²) in [5.41, 5.74) is 5.38. The monoisotopic (exact) mass is 399 g/mol. The van der Waals surface area contributed by atoms with Crippen LogP contribution in [-0.4, -0.2) is 24.0 Å². The first kappa shape index (κ1) is 20.9. The smallest absolute Gasteiger partial charge is 0.412 e. The number of benzene rings is 1. The Kier molecular flexibility index (Phi) is 6.38. The van der Waals surface area contributed by atoms with E-state index in [1.54, 1.807) is 51.1 Å². The fraction of sp³-hybridized carbons (Fsp3) is 0.263. The van der Waals surface area contributed by atoms with Crippen LogP contribution in [0.1, 0.15) is 37.3 Å². The van der Waals surface area contributed by atoms with E-state index in [1.165, 1.54) is 0 Å². The van der Waals surface area contributed by atoms with Crippen LogP contribution in [-0.2, 0) is 14.3 Å². The number of nitriles is 1. The molecule has 0 aliphatic carbocycles. The summed E-state index contributed by atoms with van der Waals surface area (Å²) in [7, 11) is 0. The van der Waals surface area contributed by atoms with Crippen molar-refractivity contribution in [2.24, 2.45) is 5.73 Å². The molecular formula is C19H19N4O4S. The zero-order chi connectivity index (χ0) is 20.9. The number of primary amides is 1. The lowest BCUT2D eigenvalue weighted by atomic mass is 10.0. The predicted octanol–water partition coefficient (Wildman–Crippen LogP) is 2.96. The molecule has 2 rings (SSSR count). The zero-order valence-corrected chi connectivity index (χ0v) is 16.4. The fourth-order valence-electron chi connectivity index (χ4n) is 2.34. The van der Waals surface area contributed by atoms with Crippen LogP contribution >= 0.6 is 11.3 Å². The zero-order valence-electron chi connectivity index (χ0n) is 15.6. The molecule has 0 fully saturated rings. The van der Waals surface area contributed by atoms with Crippen molar-refractivity contribution in [3.8, 4) is 6.07 Å². The van der Waals surface area contributed by atoms with Gasteiger partial charge in [-0.15, -0.1) is 11.3 Å². The predicted molar refractivity (Wildman–Crippen MR) is 105 cm³/mol. The molecule has 8 nitrogen and oxygen atoms in total. The van der Waals surface area contributed by atoms with Gasteiger partial charge in [0.15, 0.2) is 0 Å². The molecule has 145 valence electrons. The lowest BCUT2D eigenvalue weighted by molar-refractivity contribution is -0.121. The largest absolute Gasteiger partial charge is 0.444 e. The highest BCUT2D eigenvalue weighted by molar-refractivity contribution is 7.16. The van der Waals surface area contributed by atoms with Crippen molar-refractivity contribution in [2.75, 3.05) is 10.2 Å². The molecule has 28 heavy (non-hydrogen) atoms. The molecule has 1 aromatic carbocycles. The second-order valence-corrected chi connectivity index (χ2v) is 7.78. The summed E-state index contributed by atoms with van der Waals surface area (Å²) in [6.45, 7) is 5.19. The minimum absolute atomic E-state index is 0.257. The lowest BCUT2D eigenvalue weighted by Crippen LogP contribution is -2.37. The Balaban J connectivity index is 2.33. The standard InChI is InChI=1S/C19H19N4O4S/c1-19(2,3)27-18(26)22-13-6-4-5-12(9-13)16(17(21)25)23(11-24)15-8-7-14(10-20)28-15/h4-8,11,16H,1-3H3,(H2,21,25)(H,22,26)/t16-/m0/s1. The molecule has 9 heteroatoms. The Hall–Kier alpha value is -3.38. The van der Waals surface area contributed by atoms with E-state index < -0.39 is 23.6 Å². The normalized spacial score (nSPS) is 11.8. The molecular weight excluding hydrogens is 380 g/mol. The topological polar surface area (TPSA) is 126 Å². The van der Waals surface area contributed by atoms with Gasteiger partial charge in [0.05, 0.1) is 10.7 Å². The Morgan fingerprint density at radius 3 is 2.61 bits per heavy atom. The summed E-state index contributed by atoms with van der Waals surface area (Å²) >= 11 is 1.05. The van der Waals surface area contributed by atoms with E-state index >= 15 is 0 Å². The number of hydrogen-bond acceptors (Lipinski definition) is 6. The number of hydrogen-bond donors (Lipinski definition) is 2. The highest BCUT2D eigenvalue weighted by Gasteiger charge is 2.28. The van der Waals surface area contributed by atoms with Crippen molar-refractivity contribution in [3.05, 3.63) is 46.8 Å². The summed E-state index contributed by atoms with van der Waals surface area (Å²) in [5, 5.41) is 11.9. The number of carbonyl (C=O) groups excluding carboxylic acids is 3. The molecule has 0 unspecified atom stereocenters. The summed E-state index contributed by atoms with van der Waals surface area (Å²) in [6, 6.07) is 11.5. The number of ether oxygens (including phenoxy) is 1. The molecule has 0 aliphatic rings. The number of anilines is 2. The molecule has 1 atom stereocenters. The van der Waals surface area contributed by atoms with E-state index in [2.05, 4.69) is 11.4 Å². The third-order valence-electron chi connectivity index (χ3n) is 3.37. The van der Waals surface area contributed by atoms with Crippen molar-refractivity contribution in [2.45, 2.75) is 32.4 Å². The van der Waals surface area contributed by atoms with Gasteiger partial charge in [-0.3, -0.25) is 19.8 Å². The van der Waals surface area contributed by atoms with E-state index in [0.717, 1.165) is 16.2 Å². The summed E-state index contributed by atoms with van der Waals surface area (Å²) in [4.78, 5) is 37.2. The number of nitrogens with zero attached hydrogens (tertiary/aromatic N) is 2. The number of amides is 3. The molecule has 0 spiro atoms. The quantitative estimate of drug-likeness (QED) is 0.722. The van der Waals surface area contributed by atoms with E-state index in [9.17, 15) is 14.4 Å². The van der Waals surface area contributed by atoms with Crippen molar-refractivity contribution >= 4 is 40.4 Å². The molecule has 0 aliphatic heterocycles. The van der Waals surface area contributed by atoms with Crippen LogP contribution in [0.4, 0.5) is 15.5 Å². The lowest BCUT2D eigenvalue weighted by Gasteiger charge is -2.25. The van der Waals surface area contributed by atoms with E-state index in [4.69, 9.17) is 15.7 Å². The van der Waals surface area contributed by atoms with Crippen LogP contribution in [0.5, 0.6) is 0 Å². The Morgan fingerprint density at radius 2 is 2.07 bits per heavy atom. The Bertz CT molecular complexity index is 927. The second kappa shape index (κ2) is 8.54. The maximum absolute atomic E-state index is 12.1. The third kappa shape index (κ3) is 5.31. The third-order valence-corrected chi connectivity index (χ3v) is 4.37. The molecule has 0 saturated carbocycles. The first-order valence-electron chi connectivity index (χ1n) is 8.19. The van der Waals surface area contributed by atoms with Crippen LogP contribution in [0, 0.1) is 17.4 Å². The summed E-state index contributed by atoms with van der Waals surface area (Å²) in [5.74, 6) is -0.787. The molecule has 0 bridgehead atoms. The van der Waals surface area contributed by atoms with Crippen LogP contribution in [0.15, 0.2) is 30.3 Å². The van der Waals surface area contributed by atoms with E-state index in [0.29, 0.717) is 16.3 Å². The minimum Gasteiger partial charge on any atom is -0.444 e. The van der Waals surface area contributed by atoms with Gasteiger partial charge in [-0.25, -0.2) is 4.79 Å². The average molecular weight is 399 g/mol. The first-order valence-corrected chi connectivity index (χ1v) is 9.01. The maximum Gasteiger partial charge on any atom is 0.412 e. The number of thiophene rings is 1. The molecule has 1 heterocycles. The summed E-state index contributed by atoms with van der Waals surface area (Å²) in [6.07, 6.45) is -0.217. The van der Waals surface area contributed by atoms with Gasteiger partial charge in [0.1, 0.15) is 22.6 Å². The maximum atomic E-state index is 12.1. The van der Waals surface area contributed by atoms with Gasteiger partial charge in [0.2, 0.25) is 12.3 Å². The number of nitrogens with one attached hydrogen (secondary N) is 1. The van der Waals surface area contributed by atoms with Crippen LogP contribution in [0.3, 0.4) is 0 Å². The van der Waals surface area contributed by atoms with Gasteiger partial charge in [-0.2, -0.15) is 5.26 Å². The van der Waals surface area contributed by atoms with Gasteiger partial charge in [0.25, 0.3) is 0 Å². The van der Waals surface area contributed by atoms with Crippen molar-refractivity contribution in [1.82, 2.24) is 0 Å². The van der Waals surface area contributed by atoms with Crippen molar-refractivity contribution in [3.63, 3.8) is 0 Å². The highest BCUT2D eigenvalue weighted by atomic mass is 32.1. The summed E-state index contributed by atoms with van der Waals surface area (Å²) < 4.78 is 5.19.